The molecule has 0 saturated heterocycles. The van der Waals surface area contributed by atoms with Gasteiger partial charge < -0.3 is 4.74 Å². The van der Waals surface area contributed by atoms with E-state index >= 15 is 0 Å². The molecule has 2 heterocycles. The monoisotopic (exact) mass is 289 g/mol. The maximum atomic E-state index is 12.2. The first kappa shape index (κ1) is 13.7. The number of hydrogen-bond donors (Lipinski definition) is 0. The molecule has 22 heavy (non-hydrogen) atoms. The summed E-state index contributed by atoms with van der Waals surface area (Å²) >= 11 is 0. The first-order valence-corrected chi connectivity index (χ1v) is 6.64. The Bertz CT molecular complexity index is 879. The zero-order valence-corrected chi connectivity index (χ0v) is 11.6. The summed E-state index contributed by atoms with van der Waals surface area (Å²) in [5, 5.41) is 9.59. The third kappa shape index (κ3) is 2.76. The fourth-order valence-electron chi connectivity index (χ4n) is 2.13. The van der Waals surface area contributed by atoms with Gasteiger partial charge in [0.25, 0.3) is 0 Å². The largest absolute Gasteiger partial charge is 0.456 e. The second-order valence-corrected chi connectivity index (χ2v) is 4.60. The molecule has 106 valence electrons. The highest BCUT2D eigenvalue weighted by atomic mass is 16.5. The van der Waals surface area contributed by atoms with Gasteiger partial charge in [0.1, 0.15) is 6.61 Å². The van der Waals surface area contributed by atoms with E-state index < -0.39 is 5.97 Å². The van der Waals surface area contributed by atoms with E-state index in [9.17, 15) is 4.79 Å². The van der Waals surface area contributed by atoms with Crippen LogP contribution >= 0.6 is 0 Å². The minimum atomic E-state index is -0.442. The number of fused-ring (bicyclic) bond motifs is 1. The zero-order chi connectivity index (χ0) is 15.4. The predicted octanol–water partition coefficient (Wildman–Crippen LogP) is 2.86. The van der Waals surface area contributed by atoms with Crippen LogP contribution in [-0.2, 0) is 11.3 Å². The van der Waals surface area contributed by atoms with Crippen LogP contribution in [0.5, 0.6) is 0 Å². The second-order valence-electron chi connectivity index (χ2n) is 4.60. The first-order valence-electron chi connectivity index (χ1n) is 6.64. The molecule has 0 saturated carbocycles. The van der Waals surface area contributed by atoms with Gasteiger partial charge in [0.05, 0.1) is 28.4 Å². The number of rotatable bonds is 3. The molecule has 1 aromatic carbocycles. The van der Waals surface area contributed by atoms with Gasteiger partial charge in [-0.25, -0.2) is 4.79 Å². The molecule has 5 heteroatoms. The van der Waals surface area contributed by atoms with Crippen LogP contribution in [0.1, 0.15) is 21.6 Å². The summed E-state index contributed by atoms with van der Waals surface area (Å²) in [6.07, 6.45) is 3.19. The number of pyridine rings is 2. The summed E-state index contributed by atoms with van der Waals surface area (Å²) in [4.78, 5) is 20.5. The normalized spacial score (nSPS) is 10.1. The van der Waals surface area contributed by atoms with E-state index in [1.807, 2.05) is 18.2 Å². The van der Waals surface area contributed by atoms with Crippen LogP contribution in [0.25, 0.3) is 10.9 Å². The lowest BCUT2D eigenvalue weighted by atomic mass is 10.1. The van der Waals surface area contributed by atoms with Crippen molar-refractivity contribution < 1.29 is 9.53 Å². The highest BCUT2D eigenvalue weighted by Gasteiger charge is 2.12. The van der Waals surface area contributed by atoms with Crippen molar-refractivity contribution >= 4 is 16.9 Å². The Balaban J connectivity index is 1.80. The van der Waals surface area contributed by atoms with Gasteiger partial charge in [-0.15, -0.1) is 0 Å². The summed E-state index contributed by atoms with van der Waals surface area (Å²) in [7, 11) is 0. The molecule has 5 nitrogen and oxygen atoms in total. The molecule has 0 bridgehead atoms. The van der Waals surface area contributed by atoms with E-state index in [2.05, 4.69) is 9.97 Å². The molecule has 0 N–H and O–H groups in total. The van der Waals surface area contributed by atoms with E-state index in [1.54, 1.807) is 36.5 Å². The summed E-state index contributed by atoms with van der Waals surface area (Å²) in [5.41, 5.74) is 2.21. The van der Waals surface area contributed by atoms with Crippen LogP contribution in [-0.4, -0.2) is 15.9 Å². The van der Waals surface area contributed by atoms with Crippen molar-refractivity contribution in [2.24, 2.45) is 0 Å². The van der Waals surface area contributed by atoms with Crippen LogP contribution in [0.2, 0.25) is 0 Å². The smallest absolute Gasteiger partial charge is 0.339 e. The number of esters is 1. The first-order chi connectivity index (χ1) is 10.8. The maximum Gasteiger partial charge on any atom is 0.339 e. The van der Waals surface area contributed by atoms with Crippen LogP contribution in [0.15, 0.2) is 54.9 Å². The second kappa shape index (κ2) is 6.02. The number of benzene rings is 1. The Hall–Kier alpha value is -3.26. The molecule has 0 aliphatic rings. The van der Waals surface area contributed by atoms with Crippen molar-refractivity contribution in [3.05, 3.63) is 71.7 Å². The van der Waals surface area contributed by atoms with Gasteiger partial charge in [-0.2, -0.15) is 5.26 Å². The fraction of sp³-hybridized carbons (Fsp3) is 0.0588. The van der Waals surface area contributed by atoms with Gasteiger partial charge in [0, 0.05) is 17.8 Å². The molecule has 0 spiro atoms. The third-order valence-electron chi connectivity index (χ3n) is 3.16. The quantitative estimate of drug-likeness (QED) is 0.693. The number of carbonyl (C=O) groups excluding carboxylic acids is 1. The molecule has 3 aromatic rings. The molecule has 0 aliphatic carbocycles. The summed E-state index contributed by atoms with van der Waals surface area (Å²) < 4.78 is 5.28. The van der Waals surface area contributed by atoms with Crippen LogP contribution in [0.4, 0.5) is 0 Å². The number of nitriles is 1. The van der Waals surface area contributed by atoms with Crippen LogP contribution in [0, 0.1) is 11.3 Å². The van der Waals surface area contributed by atoms with E-state index in [0.29, 0.717) is 16.8 Å². The molecule has 0 radical (unpaired) electrons. The van der Waals surface area contributed by atoms with Crippen LogP contribution < -0.4 is 0 Å². The van der Waals surface area contributed by atoms with E-state index in [1.165, 1.54) is 6.20 Å². The van der Waals surface area contributed by atoms with Crippen molar-refractivity contribution in [2.75, 3.05) is 0 Å². The van der Waals surface area contributed by atoms with E-state index in [0.717, 1.165) is 10.9 Å². The summed E-state index contributed by atoms with van der Waals surface area (Å²) in [5.74, 6) is -0.442. The number of carbonyl (C=O) groups is 1. The molecular weight excluding hydrogens is 278 g/mol. The van der Waals surface area contributed by atoms with Crippen molar-refractivity contribution in [3.63, 3.8) is 0 Å². The van der Waals surface area contributed by atoms with Gasteiger partial charge in [-0.1, -0.05) is 12.1 Å². The Morgan fingerprint density at radius 1 is 1.14 bits per heavy atom. The molecule has 0 amide bonds. The maximum absolute atomic E-state index is 12.2. The minimum Gasteiger partial charge on any atom is -0.456 e. The molecule has 3 rings (SSSR count). The Morgan fingerprint density at radius 2 is 2.05 bits per heavy atom. The van der Waals surface area contributed by atoms with E-state index in [-0.39, 0.29) is 6.61 Å². The highest BCUT2D eigenvalue weighted by molar-refractivity contribution is 6.03. The Labute approximate surface area is 126 Å². The number of aromatic nitrogens is 2. The van der Waals surface area contributed by atoms with Gasteiger partial charge >= 0.3 is 5.97 Å². The van der Waals surface area contributed by atoms with Gasteiger partial charge in [-0.3, -0.25) is 9.97 Å². The fourth-order valence-corrected chi connectivity index (χ4v) is 2.13. The standard InChI is InChI=1S/C17H11N3O2/c18-10-12-6-8-19-13(9-12)11-22-17(21)15-3-1-5-16-14(15)4-2-7-20-16/h1-9H,11H2. The molecule has 0 atom stereocenters. The number of nitrogens with zero attached hydrogens (tertiary/aromatic N) is 3. The number of hydrogen-bond acceptors (Lipinski definition) is 5. The zero-order valence-electron chi connectivity index (χ0n) is 11.6. The SMILES string of the molecule is N#Cc1ccnc(COC(=O)c2cccc3ncccc23)c1. The molecule has 0 unspecified atom stereocenters. The lowest BCUT2D eigenvalue weighted by Gasteiger charge is -2.07. The van der Waals surface area contributed by atoms with E-state index in [4.69, 9.17) is 10.00 Å². The average Bonchev–Trinajstić information content (AvgIpc) is 2.59. The minimum absolute atomic E-state index is 0.0189. The Kier molecular flexibility index (Phi) is 3.75. The van der Waals surface area contributed by atoms with Crippen molar-refractivity contribution in [1.82, 2.24) is 9.97 Å². The molecule has 0 aliphatic heterocycles. The van der Waals surface area contributed by atoms with Crippen molar-refractivity contribution in [3.8, 4) is 6.07 Å². The van der Waals surface area contributed by atoms with Gasteiger partial charge in [0.2, 0.25) is 0 Å². The molecule has 0 fully saturated rings. The number of ether oxygens (including phenoxy) is 1. The molecule has 2 aromatic heterocycles. The van der Waals surface area contributed by atoms with Gasteiger partial charge in [0.15, 0.2) is 0 Å². The lowest BCUT2D eigenvalue weighted by Crippen LogP contribution is -2.07. The summed E-state index contributed by atoms with van der Waals surface area (Å²) in [6, 6.07) is 14.1. The van der Waals surface area contributed by atoms with Gasteiger partial charge in [-0.05, 0) is 30.3 Å². The Morgan fingerprint density at radius 3 is 2.91 bits per heavy atom. The molecular formula is C17H11N3O2. The average molecular weight is 289 g/mol. The third-order valence-corrected chi connectivity index (χ3v) is 3.16. The summed E-state index contributed by atoms with van der Waals surface area (Å²) in [6.45, 7) is 0.0189. The van der Waals surface area contributed by atoms with Crippen LogP contribution in [0.3, 0.4) is 0 Å². The van der Waals surface area contributed by atoms with Crippen molar-refractivity contribution in [2.45, 2.75) is 6.61 Å². The lowest BCUT2D eigenvalue weighted by molar-refractivity contribution is 0.0470. The predicted molar refractivity (Wildman–Crippen MR) is 79.8 cm³/mol. The topological polar surface area (TPSA) is 75.9 Å². The van der Waals surface area contributed by atoms with Crippen molar-refractivity contribution in [1.29, 1.82) is 5.26 Å². The highest BCUT2D eigenvalue weighted by Crippen LogP contribution is 2.17.